The molecule has 0 saturated heterocycles. The van der Waals surface area contributed by atoms with Crippen LogP contribution in [0.15, 0.2) is 0 Å². The Balaban J connectivity index is 1.56. The van der Waals surface area contributed by atoms with E-state index in [2.05, 4.69) is 20.7 Å². The van der Waals surface area contributed by atoms with Crippen molar-refractivity contribution in [3.05, 3.63) is 0 Å². The van der Waals surface area contributed by atoms with E-state index < -0.39 is 24.0 Å². The number of esters is 1. The third-order valence-corrected chi connectivity index (χ3v) is 6.20. The van der Waals surface area contributed by atoms with Gasteiger partial charge in [0.2, 0.25) is 0 Å². The highest BCUT2D eigenvalue weighted by molar-refractivity contribution is 9.10. The van der Waals surface area contributed by atoms with Gasteiger partial charge in [-0.05, 0) is 57.3 Å². The predicted octanol–water partition coefficient (Wildman–Crippen LogP) is 2.54. The fourth-order valence-corrected chi connectivity index (χ4v) is 6.44. The zero-order valence-corrected chi connectivity index (χ0v) is 14.8. The molecular formula is C16H22BrNO5. The van der Waals surface area contributed by atoms with Crippen molar-refractivity contribution in [3.8, 4) is 0 Å². The zero-order valence-electron chi connectivity index (χ0n) is 13.2. The van der Waals surface area contributed by atoms with Crippen LogP contribution in [0, 0.1) is 17.3 Å². The van der Waals surface area contributed by atoms with Gasteiger partial charge in [-0.15, -0.1) is 0 Å². The lowest BCUT2D eigenvalue weighted by atomic mass is 9.49. The maximum absolute atomic E-state index is 12.6. The summed E-state index contributed by atoms with van der Waals surface area (Å²) in [4.78, 5) is 35.4. The van der Waals surface area contributed by atoms with Gasteiger partial charge < -0.3 is 9.47 Å². The van der Waals surface area contributed by atoms with Crippen molar-refractivity contribution < 1.29 is 23.9 Å². The molecule has 2 unspecified atom stereocenters. The molecule has 2 amide bonds. The van der Waals surface area contributed by atoms with E-state index in [0.29, 0.717) is 11.8 Å². The van der Waals surface area contributed by atoms with Crippen molar-refractivity contribution in [2.24, 2.45) is 17.3 Å². The average molecular weight is 388 g/mol. The zero-order chi connectivity index (χ0) is 16.7. The van der Waals surface area contributed by atoms with Gasteiger partial charge in [-0.1, -0.05) is 15.9 Å². The maximum Gasteiger partial charge on any atom is 0.413 e. The number of nitrogens with one attached hydrogen (secondary N) is 1. The van der Waals surface area contributed by atoms with Gasteiger partial charge in [-0.25, -0.2) is 4.79 Å². The molecule has 0 heterocycles. The average Bonchev–Trinajstić information content (AvgIpc) is 2.42. The number of ether oxygens (including phenoxy) is 2. The lowest BCUT2D eigenvalue weighted by Crippen LogP contribution is -2.56. The first kappa shape index (κ1) is 16.7. The minimum absolute atomic E-state index is 0.0588. The summed E-state index contributed by atoms with van der Waals surface area (Å²) in [6.07, 6.45) is 5.13. The van der Waals surface area contributed by atoms with Crippen LogP contribution < -0.4 is 5.32 Å². The van der Waals surface area contributed by atoms with Crippen LogP contribution in [-0.4, -0.2) is 35.5 Å². The van der Waals surface area contributed by atoms with Gasteiger partial charge in [-0.2, -0.15) is 0 Å². The summed E-state index contributed by atoms with van der Waals surface area (Å²) in [7, 11) is 0. The first-order chi connectivity index (χ1) is 10.8. The van der Waals surface area contributed by atoms with E-state index in [1.165, 1.54) is 6.42 Å². The van der Waals surface area contributed by atoms with Crippen molar-refractivity contribution in [2.45, 2.75) is 49.8 Å². The maximum atomic E-state index is 12.6. The van der Waals surface area contributed by atoms with E-state index in [4.69, 9.17) is 4.74 Å². The summed E-state index contributed by atoms with van der Waals surface area (Å²) in [6.45, 7) is 1.38. The standard InChI is InChI=1S/C16H22BrNO5/c1-2-22-14(21)18-12(19)8-23-13(20)15-4-10-3-11(5-15)7-16(17,6-10)9-15/h10-11H,2-9H2,1H3,(H,18,19,21)/t10-,11+,15?,16?. The van der Waals surface area contributed by atoms with Crippen molar-refractivity contribution in [2.75, 3.05) is 13.2 Å². The van der Waals surface area contributed by atoms with Gasteiger partial charge in [0.05, 0.1) is 12.0 Å². The van der Waals surface area contributed by atoms with E-state index >= 15 is 0 Å². The summed E-state index contributed by atoms with van der Waals surface area (Å²) in [6, 6.07) is 0. The lowest BCUT2D eigenvalue weighted by molar-refractivity contribution is -0.171. The smallest absolute Gasteiger partial charge is 0.413 e. The van der Waals surface area contributed by atoms with Gasteiger partial charge in [0.25, 0.3) is 5.91 Å². The molecule has 1 N–H and O–H groups in total. The Morgan fingerprint density at radius 3 is 2.35 bits per heavy atom. The highest BCUT2D eigenvalue weighted by atomic mass is 79.9. The van der Waals surface area contributed by atoms with Gasteiger partial charge >= 0.3 is 12.1 Å². The van der Waals surface area contributed by atoms with Crippen molar-refractivity contribution in [1.82, 2.24) is 5.32 Å². The molecule has 4 aliphatic rings. The summed E-state index contributed by atoms with van der Waals surface area (Å²) in [5, 5.41) is 2.03. The van der Waals surface area contributed by atoms with E-state index in [9.17, 15) is 14.4 Å². The Bertz CT molecular complexity index is 521. The Morgan fingerprint density at radius 2 is 1.78 bits per heavy atom. The van der Waals surface area contributed by atoms with Gasteiger partial charge in [0, 0.05) is 4.32 Å². The predicted molar refractivity (Wildman–Crippen MR) is 84.9 cm³/mol. The molecule has 0 spiro atoms. The minimum atomic E-state index is -0.817. The van der Waals surface area contributed by atoms with Crippen molar-refractivity contribution in [1.29, 1.82) is 0 Å². The fraction of sp³-hybridized carbons (Fsp3) is 0.812. The SMILES string of the molecule is CCOC(=O)NC(=O)COC(=O)C12C[C@@H]3C[C@@H](CC(Br)(C3)C1)C2. The molecule has 0 aromatic rings. The Labute approximate surface area is 143 Å². The second kappa shape index (κ2) is 6.07. The van der Waals surface area contributed by atoms with Crippen LogP contribution in [0.3, 0.4) is 0 Å². The monoisotopic (exact) mass is 387 g/mol. The first-order valence-electron chi connectivity index (χ1n) is 8.17. The molecule has 4 saturated carbocycles. The quantitative estimate of drug-likeness (QED) is 0.591. The highest BCUT2D eigenvalue weighted by Gasteiger charge is 2.60. The molecular weight excluding hydrogens is 366 g/mol. The number of carbonyl (C=O) groups excluding carboxylic acids is 3. The molecule has 4 atom stereocenters. The minimum Gasteiger partial charge on any atom is -0.455 e. The van der Waals surface area contributed by atoms with Gasteiger partial charge in [0.15, 0.2) is 6.61 Å². The van der Waals surface area contributed by atoms with E-state index in [1.54, 1.807) is 6.92 Å². The molecule has 6 nitrogen and oxygen atoms in total. The summed E-state index contributed by atoms with van der Waals surface area (Å²) >= 11 is 3.84. The Hall–Kier alpha value is -1.11. The van der Waals surface area contributed by atoms with E-state index in [0.717, 1.165) is 32.1 Å². The summed E-state index contributed by atoms with van der Waals surface area (Å²) < 4.78 is 9.91. The molecule has 0 aliphatic heterocycles. The Morgan fingerprint density at radius 1 is 1.13 bits per heavy atom. The number of alkyl carbamates (subject to hydrolysis) is 1. The van der Waals surface area contributed by atoms with Crippen LogP contribution >= 0.6 is 15.9 Å². The number of halogens is 1. The van der Waals surface area contributed by atoms with E-state index in [-0.39, 0.29) is 16.9 Å². The molecule has 7 heteroatoms. The topological polar surface area (TPSA) is 81.7 Å². The first-order valence-corrected chi connectivity index (χ1v) is 8.96. The van der Waals surface area contributed by atoms with Gasteiger partial charge in [-0.3, -0.25) is 14.9 Å². The number of alkyl halides is 1. The molecule has 4 bridgehead atoms. The van der Waals surface area contributed by atoms with E-state index in [1.807, 2.05) is 5.32 Å². The normalized spacial score (nSPS) is 37.3. The summed E-state index contributed by atoms with van der Waals surface area (Å²) in [5.74, 6) is 0.178. The number of rotatable bonds is 4. The largest absolute Gasteiger partial charge is 0.455 e. The second-order valence-electron chi connectivity index (χ2n) is 7.24. The van der Waals surface area contributed by atoms with Crippen LogP contribution in [0.2, 0.25) is 0 Å². The summed E-state index contributed by atoms with van der Waals surface area (Å²) in [5.41, 5.74) is -0.461. The van der Waals surface area contributed by atoms with Gasteiger partial charge in [0.1, 0.15) is 0 Å². The number of amides is 2. The molecule has 0 radical (unpaired) electrons. The molecule has 0 aromatic heterocycles. The molecule has 4 aliphatic carbocycles. The van der Waals surface area contributed by atoms with Crippen LogP contribution in [0.4, 0.5) is 4.79 Å². The number of hydrogen-bond acceptors (Lipinski definition) is 5. The molecule has 23 heavy (non-hydrogen) atoms. The van der Waals surface area contributed by atoms with Crippen LogP contribution in [0.1, 0.15) is 45.4 Å². The van der Waals surface area contributed by atoms with Crippen LogP contribution in [0.5, 0.6) is 0 Å². The molecule has 0 aromatic carbocycles. The van der Waals surface area contributed by atoms with Crippen LogP contribution in [0.25, 0.3) is 0 Å². The number of imide groups is 1. The van der Waals surface area contributed by atoms with Crippen molar-refractivity contribution >= 4 is 33.9 Å². The molecule has 4 fully saturated rings. The van der Waals surface area contributed by atoms with Crippen molar-refractivity contribution in [3.63, 3.8) is 0 Å². The lowest BCUT2D eigenvalue weighted by Gasteiger charge is -2.58. The second-order valence-corrected chi connectivity index (χ2v) is 8.92. The number of hydrogen-bond donors (Lipinski definition) is 1. The molecule has 128 valence electrons. The highest BCUT2D eigenvalue weighted by Crippen LogP contribution is 2.64. The van der Waals surface area contributed by atoms with Crippen LogP contribution in [-0.2, 0) is 19.1 Å². The third kappa shape index (κ3) is 3.39. The Kier molecular flexibility index (Phi) is 4.42. The third-order valence-electron chi connectivity index (χ3n) is 5.27. The number of carbonyl (C=O) groups is 3. The molecule has 4 rings (SSSR count). The fourth-order valence-electron chi connectivity index (χ4n) is 4.99.